The first-order chi connectivity index (χ1) is 8.49. The summed E-state index contributed by atoms with van der Waals surface area (Å²) in [5.74, 6) is 1.04. The van der Waals surface area contributed by atoms with E-state index in [-0.39, 0.29) is 11.9 Å². The summed E-state index contributed by atoms with van der Waals surface area (Å²) in [5.41, 5.74) is 7.69. The Hall–Kier alpha value is -1.72. The first kappa shape index (κ1) is 12.7. The molecule has 0 aromatic carbocycles. The van der Waals surface area contributed by atoms with Crippen LogP contribution in [0.25, 0.3) is 0 Å². The third-order valence-corrected chi connectivity index (χ3v) is 3.44. The first-order valence-corrected chi connectivity index (χ1v) is 6.30. The number of aromatic nitrogens is 2. The molecule has 1 saturated heterocycles. The lowest BCUT2D eigenvalue weighted by molar-refractivity contribution is -0.119. The number of nitrogens with zero attached hydrogens (tertiary/aromatic N) is 3. The van der Waals surface area contributed by atoms with Crippen molar-refractivity contribution in [2.75, 3.05) is 23.7 Å². The number of amides is 1. The van der Waals surface area contributed by atoms with Gasteiger partial charge in [0.2, 0.25) is 5.91 Å². The van der Waals surface area contributed by atoms with Crippen LogP contribution in [-0.4, -0.2) is 34.8 Å². The molecule has 3 N–H and O–H groups in total. The second-order valence-corrected chi connectivity index (χ2v) is 4.91. The lowest BCUT2D eigenvalue weighted by Gasteiger charge is -2.33. The lowest BCUT2D eigenvalue weighted by Crippen LogP contribution is -2.44. The van der Waals surface area contributed by atoms with Gasteiger partial charge in [0, 0.05) is 33.1 Å². The second-order valence-electron chi connectivity index (χ2n) is 4.91. The van der Waals surface area contributed by atoms with Crippen LogP contribution in [-0.2, 0) is 11.8 Å². The van der Waals surface area contributed by atoms with Crippen LogP contribution < -0.4 is 16.0 Å². The van der Waals surface area contributed by atoms with Crippen LogP contribution in [0.1, 0.15) is 25.5 Å². The molecule has 2 heterocycles. The number of carbonyl (C=O) groups excluding carboxylic acids is 1. The van der Waals surface area contributed by atoms with Crippen LogP contribution in [0.4, 0.5) is 11.5 Å². The van der Waals surface area contributed by atoms with Crippen molar-refractivity contribution < 1.29 is 4.79 Å². The molecule has 0 atom stereocenters. The summed E-state index contributed by atoms with van der Waals surface area (Å²) in [6.45, 7) is 5.28. The van der Waals surface area contributed by atoms with Gasteiger partial charge in [0.25, 0.3) is 0 Å². The van der Waals surface area contributed by atoms with Crippen molar-refractivity contribution in [1.82, 2.24) is 15.1 Å². The molecule has 6 nitrogen and oxygen atoms in total. The zero-order valence-corrected chi connectivity index (χ0v) is 11.2. The molecule has 1 aromatic heterocycles. The number of rotatable bonds is 2. The van der Waals surface area contributed by atoms with Crippen LogP contribution >= 0.6 is 0 Å². The van der Waals surface area contributed by atoms with Gasteiger partial charge < -0.3 is 16.0 Å². The standard InChI is InChI=1S/C12H21N5O/c1-8-11(13)12(16(3)15-8)17-6-4-10(5-7-17)14-9(2)18/h10H,4-7,13H2,1-3H3,(H,14,18). The minimum atomic E-state index is 0.0457. The molecular weight excluding hydrogens is 230 g/mol. The van der Waals surface area contributed by atoms with E-state index in [1.807, 2.05) is 18.7 Å². The first-order valence-electron chi connectivity index (χ1n) is 6.30. The summed E-state index contributed by atoms with van der Waals surface area (Å²) in [4.78, 5) is 13.3. The predicted molar refractivity (Wildman–Crippen MR) is 71.4 cm³/mol. The van der Waals surface area contributed by atoms with Gasteiger partial charge in [-0.2, -0.15) is 5.10 Å². The minimum absolute atomic E-state index is 0.0457. The van der Waals surface area contributed by atoms with Crippen molar-refractivity contribution in [3.63, 3.8) is 0 Å². The summed E-state index contributed by atoms with van der Waals surface area (Å²) in [5, 5.41) is 7.30. The largest absolute Gasteiger partial charge is 0.394 e. The van der Waals surface area contributed by atoms with Gasteiger partial charge in [0.1, 0.15) is 5.82 Å². The highest BCUT2D eigenvalue weighted by Gasteiger charge is 2.24. The van der Waals surface area contributed by atoms with Crippen LogP contribution in [0.2, 0.25) is 0 Å². The molecule has 6 heteroatoms. The number of aryl methyl sites for hydroxylation is 2. The SMILES string of the molecule is CC(=O)NC1CCN(c2c(N)c(C)nn2C)CC1. The van der Waals surface area contributed by atoms with E-state index < -0.39 is 0 Å². The third kappa shape index (κ3) is 2.42. The van der Waals surface area contributed by atoms with E-state index in [2.05, 4.69) is 15.3 Å². The predicted octanol–water partition coefficient (Wildman–Crippen LogP) is 0.416. The van der Waals surface area contributed by atoms with E-state index >= 15 is 0 Å². The van der Waals surface area contributed by atoms with Gasteiger partial charge in [0.05, 0.1) is 11.4 Å². The van der Waals surface area contributed by atoms with E-state index in [1.54, 1.807) is 6.92 Å². The molecule has 0 spiro atoms. The minimum Gasteiger partial charge on any atom is -0.394 e. The molecule has 100 valence electrons. The Bertz CT molecular complexity index is 446. The van der Waals surface area contributed by atoms with Crippen molar-refractivity contribution in [2.45, 2.75) is 32.7 Å². The number of anilines is 2. The molecular formula is C12H21N5O. The van der Waals surface area contributed by atoms with Crippen LogP contribution in [0.15, 0.2) is 0 Å². The van der Waals surface area contributed by atoms with Crippen molar-refractivity contribution >= 4 is 17.4 Å². The number of carbonyl (C=O) groups is 1. The molecule has 0 radical (unpaired) electrons. The van der Waals surface area contributed by atoms with Gasteiger partial charge >= 0.3 is 0 Å². The summed E-state index contributed by atoms with van der Waals surface area (Å²) in [7, 11) is 1.92. The fourth-order valence-electron chi connectivity index (χ4n) is 2.56. The van der Waals surface area contributed by atoms with Crippen molar-refractivity contribution in [3.05, 3.63) is 5.69 Å². The summed E-state index contributed by atoms with van der Waals surface area (Å²) in [6.07, 6.45) is 1.90. The third-order valence-electron chi connectivity index (χ3n) is 3.44. The van der Waals surface area contributed by atoms with Crippen molar-refractivity contribution in [1.29, 1.82) is 0 Å². The van der Waals surface area contributed by atoms with Gasteiger partial charge in [-0.15, -0.1) is 0 Å². The fourth-order valence-corrected chi connectivity index (χ4v) is 2.56. The van der Waals surface area contributed by atoms with E-state index in [0.29, 0.717) is 0 Å². The molecule has 18 heavy (non-hydrogen) atoms. The van der Waals surface area contributed by atoms with Gasteiger partial charge in [-0.1, -0.05) is 0 Å². The van der Waals surface area contributed by atoms with Crippen LogP contribution in [0.3, 0.4) is 0 Å². The number of nitrogen functional groups attached to an aromatic ring is 1. The smallest absolute Gasteiger partial charge is 0.217 e. The van der Waals surface area contributed by atoms with Gasteiger partial charge in [-0.25, -0.2) is 0 Å². The Balaban J connectivity index is 2.03. The van der Waals surface area contributed by atoms with Crippen LogP contribution in [0.5, 0.6) is 0 Å². The lowest BCUT2D eigenvalue weighted by atomic mass is 10.0. The molecule has 0 saturated carbocycles. The quantitative estimate of drug-likeness (QED) is 0.798. The van der Waals surface area contributed by atoms with Gasteiger partial charge in [-0.05, 0) is 19.8 Å². The monoisotopic (exact) mass is 251 g/mol. The summed E-state index contributed by atoms with van der Waals surface area (Å²) in [6, 6.07) is 0.286. The van der Waals surface area contributed by atoms with Crippen LogP contribution in [0, 0.1) is 6.92 Å². The maximum absolute atomic E-state index is 11.0. The molecule has 1 amide bonds. The van der Waals surface area contributed by atoms with Gasteiger partial charge in [0.15, 0.2) is 0 Å². The normalized spacial score (nSPS) is 16.9. The van der Waals surface area contributed by atoms with E-state index in [9.17, 15) is 4.79 Å². The Morgan fingerprint density at radius 3 is 2.50 bits per heavy atom. The summed E-state index contributed by atoms with van der Waals surface area (Å²) < 4.78 is 1.84. The fraction of sp³-hybridized carbons (Fsp3) is 0.667. The van der Waals surface area contributed by atoms with E-state index in [4.69, 9.17) is 5.73 Å². The Morgan fingerprint density at radius 1 is 1.44 bits per heavy atom. The Kier molecular flexibility index (Phi) is 3.45. The second kappa shape index (κ2) is 4.88. The highest BCUT2D eigenvalue weighted by Crippen LogP contribution is 2.28. The number of nitrogens with two attached hydrogens (primary N) is 1. The molecule has 1 aromatic rings. The number of hydrogen-bond donors (Lipinski definition) is 2. The molecule has 2 rings (SSSR count). The maximum atomic E-state index is 11.0. The molecule has 1 aliphatic heterocycles. The van der Waals surface area contributed by atoms with E-state index in [0.717, 1.165) is 43.1 Å². The van der Waals surface area contributed by atoms with Crippen molar-refractivity contribution in [3.8, 4) is 0 Å². The highest BCUT2D eigenvalue weighted by atomic mass is 16.1. The average molecular weight is 251 g/mol. The maximum Gasteiger partial charge on any atom is 0.217 e. The van der Waals surface area contributed by atoms with E-state index in [1.165, 1.54) is 0 Å². The zero-order chi connectivity index (χ0) is 13.3. The highest BCUT2D eigenvalue weighted by molar-refractivity contribution is 5.73. The number of hydrogen-bond acceptors (Lipinski definition) is 4. The molecule has 1 aliphatic rings. The number of nitrogens with one attached hydrogen (secondary N) is 1. The van der Waals surface area contributed by atoms with Gasteiger partial charge in [-0.3, -0.25) is 9.48 Å². The Morgan fingerprint density at radius 2 is 2.06 bits per heavy atom. The Labute approximate surface area is 107 Å². The topological polar surface area (TPSA) is 76.2 Å². The number of piperidine rings is 1. The molecule has 0 aliphatic carbocycles. The molecule has 0 unspecified atom stereocenters. The average Bonchev–Trinajstić information content (AvgIpc) is 2.54. The molecule has 1 fully saturated rings. The summed E-state index contributed by atoms with van der Waals surface area (Å²) >= 11 is 0. The molecule has 0 bridgehead atoms. The van der Waals surface area contributed by atoms with Crippen molar-refractivity contribution in [2.24, 2.45) is 7.05 Å². The zero-order valence-electron chi connectivity index (χ0n) is 11.2.